The van der Waals surface area contributed by atoms with Crippen molar-refractivity contribution in [2.24, 2.45) is 0 Å². The van der Waals surface area contributed by atoms with Gasteiger partial charge in [0.2, 0.25) is 0 Å². The highest BCUT2D eigenvalue weighted by atomic mass is 32.1. The van der Waals surface area contributed by atoms with E-state index in [1.807, 2.05) is 41.1 Å². The zero-order valence-electron chi connectivity index (χ0n) is 11.6. The number of aliphatic hydroxyl groups excluding tert-OH is 1. The number of aliphatic hydroxyl groups is 1. The fourth-order valence-corrected chi connectivity index (χ4v) is 2.98. The van der Waals surface area contributed by atoms with Crippen LogP contribution in [0.3, 0.4) is 0 Å². The molecule has 5 heteroatoms. The standard InChI is InChI=1S/C16H16N2O2S/c1-20-15-4-2-3-13-12(15)5-7-17-16(13)18-9-14(19)11-6-8-21-10-11/h2-8,10,14,19H,9H2,1H3,(H,17,18). The van der Waals surface area contributed by atoms with Crippen LogP contribution in [-0.4, -0.2) is 23.7 Å². The van der Waals surface area contributed by atoms with Crippen LogP contribution in [-0.2, 0) is 0 Å². The van der Waals surface area contributed by atoms with E-state index in [0.29, 0.717) is 6.54 Å². The van der Waals surface area contributed by atoms with Crippen LogP contribution in [0.2, 0.25) is 0 Å². The van der Waals surface area contributed by atoms with Crippen LogP contribution < -0.4 is 10.1 Å². The number of thiophene rings is 1. The number of ether oxygens (including phenoxy) is 1. The van der Waals surface area contributed by atoms with Crippen molar-refractivity contribution in [3.05, 3.63) is 52.9 Å². The maximum Gasteiger partial charge on any atom is 0.134 e. The van der Waals surface area contributed by atoms with Crippen molar-refractivity contribution >= 4 is 27.9 Å². The molecule has 2 heterocycles. The molecule has 1 unspecified atom stereocenters. The number of pyridine rings is 1. The molecule has 0 spiro atoms. The minimum absolute atomic E-state index is 0.417. The van der Waals surface area contributed by atoms with Gasteiger partial charge in [-0.1, -0.05) is 12.1 Å². The molecular formula is C16H16N2O2S. The van der Waals surface area contributed by atoms with Crippen molar-refractivity contribution in [1.82, 2.24) is 4.98 Å². The second kappa shape index (κ2) is 6.11. The molecule has 0 aliphatic rings. The van der Waals surface area contributed by atoms with E-state index in [-0.39, 0.29) is 0 Å². The van der Waals surface area contributed by atoms with E-state index in [4.69, 9.17) is 4.74 Å². The number of benzene rings is 1. The maximum atomic E-state index is 10.1. The van der Waals surface area contributed by atoms with Gasteiger partial charge >= 0.3 is 0 Å². The molecule has 0 amide bonds. The van der Waals surface area contributed by atoms with Crippen LogP contribution in [0, 0.1) is 0 Å². The highest BCUT2D eigenvalue weighted by Crippen LogP contribution is 2.29. The van der Waals surface area contributed by atoms with Gasteiger partial charge in [-0.05, 0) is 34.5 Å². The first-order valence-electron chi connectivity index (χ1n) is 6.65. The van der Waals surface area contributed by atoms with Crippen LogP contribution >= 0.6 is 11.3 Å². The van der Waals surface area contributed by atoms with Crippen molar-refractivity contribution in [1.29, 1.82) is 0 Å². The molecule has 3 aromatic rings. The number of nitrogens with zero attached hydrogens (tertiary/aromatic N) is 1. The predicted molar refractivity (Wildman–Crippen MR) is 86.1 cm³/mol. The van der Waals surface area contributed by atoms with Gasteiger partial charge in [0.1, 0.15) is 11.6 Å². The predicted octanol–water partition coefficient (Wildman–Crippen LogP) is 3.45. The molecule has 0 aliphatic heterocycles. The minimum Gasteiger partial charge on any atom is -0.496 e. The summed E-state index contributed by atoms with van der Waals surface area (Å²) in [5.41, 5.74) is 0.922. The first-order valence-corrected chi connectivity index (χ1v) is 7.59. The van der Waals surface area contributed by atoms with Gasteiger partial charge in [-0.2, -0.15) is 11.3 Å². The summed E-state index contributed by atoms with van der Waals surface area (Å²) in [5.74, 6) is 1.57. The average Bonchev–Trinajstić information content (AvgIpc) is 3.06. The number of rotatable bonds is 5. The summed E-state index contributed by atoms with van der Waals surface area (Å²) in [5, 5.41) is 19.2. The Bertz CT molecular complexity index is 728. The monoisotopic (exact) mass is 300 g/mol. The Labute approximate surface area is 127 Å². The van der Waals surface area contributed by atoms with Crippen molar-refractivity contribution in [3.63, 3.8) is 0 Å². The smallest absolute Gasteiger partial charge is 0.134 e. The summed E-state index contributed by atoms with van der Waals surface area (Å²) in [6, 6.07) is 9.70. The molecular weight excluding hydrogens is 284 g/mol. The second-order valence-electron chi connectivity index (χ2n) is 4.67. The summed E-state index contributed by atoms with van der Waals surface area (Å²) in [4.78, 5) is 4.36. The van der Waals surface area contributed by atoms with E-state index in [1.54, 1.807) is 24.6 Å². The number of methoxy groups -OCH3 is 1. The molecule has 0 saturated carbocycles. The normalized spacial score (nSPS) is 12.3. The van der Waals surface area contributed by atoms with Crippen LogP contribution in [0.15, 0.2) is 47.3 Å². The highest BCUT2D eigenvalue weighted by Gasteiger charge is 2.10. The Hall–Kier alpha value is -2.11. The van der Waals surface area contributed by atoms with Crippen LogP contribution in [0.4, 0.5) is 5.82 Å². The second-order valence-corrected chi connectivity index (χ2v) is 5.45. The molecule has 2 N–H and O–H groups in total. The Kier molecular flexibility index (Phi) is 4.03. The summed E-state index contributed by atoms with van der Waals surface area (Å²) in [6.07, 6.45) is 1.20. The third-order valence-electron chi connectivity index (χ3n) is 3.38. The molecule has 1 atom stereocenters. The number of fused-ring (bicyclic) bond motifs is 1. The molecule has 0 saturated heterocycles. The van der Waals surface area contributed by atoms with E-state index in [1.165, 1.54) is 0 Å². The number of hydrogen-bond acceptors (Lipinski definition) is 5. The summed E-state index contributed by atoms with van der Waals surface area (Å²) >= 11 is 1.58. The van der Waals surface area contributed by atoms with Crippen molar-refractivity contribution < 1.29 is 9.84 Å². The molecule has 1 aromatic carbocycles. The van der Waals surface area contributed by atoms with Gasteiger partial charge in [0.15, 0.2) is 0 Å². The topological polar surface area (TPSA) is 54.4 Å². The van der Waals surface area contributed by atoms with Gasteiger partial charge in [-0.15, -0.1) is 0 Å². The third-order valence-corrected chi connectivity index (χ3v) is 4.08. The Morgan fingerprint density at radius 3 is 2.95 bits per heavy atom. The van der Waals surface area contributed by atoms with Gasteiger partial charge in [0, 0.05) is 23.5 Å². The molecule has 0 radical (unpaired) electrons. The van der Waals surface area contributed by atoms with Gasteiger partial charge in [0.25, 0.3) is 0 Å². The zero-order valence-corrected chi connectivity index (χ0v) is 12.4. The van der Waals surface area contributed by atoms with E-state index in [2.05, 4.69) is 10.3 Å². The lowest BCUT2D eigenvalue weighted by Crippen LogP contribution is -2.12. The molecule has 2 aromatic heterocycles. The van der Waals surface area contributed by atoms with E-state index >= 15 is 0 Å². The Morgan fingerprint density at radius 2 is 2.19 bits per heavy atom. The van der Waals surface area contributed by atoms with E-state index < -0.39 is 6.10 Å². The number of hydrogen-bond donors (Lipinski definition) is 2. The van der Waals surface area contributed by atoms with Crippen molar-refractivity contribution in [3.8, 4) is 5.75 Å². The largest absolute Gasteiger partial charge is 0.496 e. The molecule has 0 bridgehead atoms. The van der Waals surface area contributed by atoms with Crippen LogP contribution in [0.5, 0.6) is 5.75 Å². The lowest BCUT2D eigenvalue weighted by Gasteiger charge is -2.13. The number of anilines is 1. The summed E-state index contributed by atoms with van der Waals surface area (Å²) < 4.78 is 5.36. The van der Waals surface area contributed by atoms with Crippen molar-refractivity contribution in [2.45, 2.75) is 6.10 Å². The SMILES string of the molecule is COc1cccc2c(NCC(O)c3ccsc3)nccc12. The fraction of sp³-hybridized carbons (Fsp3) is 0.188. The summed E-state index contributed by atoms with van der Waals surface area (Å²) in [7, 11) is 1.66. The minimum atomic E-state index is -0.543. The quantitative estimate of drug-likeness (QED) is 0.758. The fourth-order valence-electron chi connectivity index (χ4n) is 2.27. The number of nitrogens with one attached hydrogen (secondary N) is 1. The van der Waals surface area contributed by atoms with E-state index in [9.17, 15) is 5.11 Å². The average molecular weight is 300 g/mol. The van der Waals surface area contributed by atoms with Gasteiger partial charge < -0.3 is 15.2 Å². The highest BCUT2D eigenvalue weighted by molar-refractivity contribution is 7.07. The Balaban J connectivity index is 1.84. The first kappa shape index (κ1) is 13.9. The van der Waals surface area contributed by atoms with Crippen molar-refractivity contribution in [2.75, 3.05) is 19.0 Å². The first-order chi connectivity index (χ1) is 10.3. The molecule has 4 nitrogen and oxygen atoms in total. The van der Waals surface area contributed by atoms with Crippen LogP contribution in [0.1, 0.15) is 11.7 Å². The third kappa shape index (κ3) is 2.84. The molecule has 0 aliphatic carbocycles. The van der Waals surface area contributed by atoms with Gasteiger partial charge in [0.05, 0.1) is 13.2 Å². The Morgan fingerprint density at radius 1 is 1.29 bits per heavy atom. The van der Waals surface area contributed by atoms with Gasteiger partial charge in [-0.25, -0.2) is 4.98 Å². The lowest BCUT2D eigenvalue weighted by atomic mass is 10.1. The lowest BCUT2D eigenvalue weighted by molar-refractivity contribution is 0.192. The molecule has 0 fully saturated rings. The molecule has 3 rings (SSSR count). The maximum absolute atomic E-state index is 10.1. The summed E-state index contributed by atoms with van der Waals surface area (Å²) in [6.45, 7) is 0.417. The van der Waals surface area contributed by atoms with Crippen LogP contribution in [0.25, 0.3) is 10.8 Å². The van der Waals surface area contributed by atoms with Gasteiger partial charge in [-0.3, -0.25) is 0 Å². The van der Waals surface area contributed by atoms with E-state index in [0.717, 1.165) is 27.9 Å². The molecule has 108 valence electrons. The number of aromatic nitrogens is 1. The molecule has 21 heavy (non-hydrogen) atoms. The zero-order chi connectivity index (χ0) is 14.7.